The van der Waals surface area contributed by atoms with Gasteiger partial charge in [-0.25, -0.2) is 9.36 Å². The molecule has 1 aromatic heterocycles. The van der Waals surface area contributed by atoms with Crippen LogP contribution in [-0.2, 0) is 13.8 Å². The van der Waals surface area contributed by atoms with Gasteiger partial charge in [0.2, 0.25) is 0 Å². The van der Waals surface area contributed by atoms with Crippen molar-refractivity contribution in [3.05, 3.63) is 22.7 Å². The van der Waals surface area contributed by atoms with Crippen LogP contribution in [0, 0.1) is 0 Å². The van der Waals surface area contributed by atoms with E-state index in [-0.39, 0.29) is 5.82 Å². The van der Waals surface area contributed by atoms with Gasteiger partial charge in [0.25, 0.3) is 0 Å². The Labute approximate surface area is 122 Å². The van der Waals surface area contributed by atoms with E-state index in [0.29, 0.717) is 0 Å². The van der Waals surface area contributed by atoms with Gasteiger partial charge >= 0.3 is 13.5 Å². The highest BCUT2D eigenvalue weighted by atomic mass is 31.2. The molecule has 0 aromatic carbocycles. The fraction of sp³-hybridized carbons (Fsp3) is 0.556. The second-order valence-corrected chi connectivity index (χ2v) is 5.69. The Bertz CT molecular complexity index is 631. The summed E-state index contributed by atoms with van der Waals surface area (Å²) in [5, 5.41) is 28.3. The molecule has 22 heavy (non-hydrogen) atoms. The molecule has 0 spiro atoms. The zero-order valence-corrected chi connectivity index (χ0v) is 11.8. The first kappa shape index (κ1) is 17.0. The standard InChI is InChI=1S/C9H14N3O9P/c13-6-4(3-20-22(17,18)19)21-8(7(6)14)12-2-1-5(11-16)10-9(12)15/h1-2,4,6-8,13-14,16H,3H2,(H,10,11,15)(H2,17,18,19)/t4-,6?,7?,8-/m0/s1. The zero-order valence-electron chi connectivity index (χ0n) is 10.9. The van der Waals surface area contributed by atoms with E-state index < -0.39 is 44.7 Å². The Morgan fingerprint density at radius 2 is 2.09 bits per heavy atom. The fourth-order valence-electron chi connectivity index (χ4n) is 1.94. The van der Waals surface area contributed by atoms with Gasteiger partial charge < -0.3 is 24.7 Å². The lowest BCUT2D eigenvalue weighted by Crippen LogP contribution is -2.36. The first-order valence-corrected chi connectivity index (χ1v) is 7.47. The van der Waals surface area contributed by atoms with E-state index in [0.717, 1.165) is 10.8 Å². The highest BCUT2D eigenvalue weighted by Gasteiger charge is 2.44. The van der Waals surface area contributed by atoms with Crippen LogP contribution in [0.1, 0.15) is 6.23 Å². The van der Waals surface area contributed by atoms with Crippen LogP contribution in [0.3, 0.4) is 0 Å². The molecule has 2 heterocycles. The molecule has 0 radical (unpaired) electrons. The maximum atomic E-state index is 11.7. The van der Waals surface area contributed by atoms with Gasteiger partial charge in [0.15, 0.2) is 12.0 Å². The van der Waals surface area contributed by atoms with Gasteiger partial charge in [-0.1, -0.05) is 0 Å². The highest BCUT2D eigenvalue weighted by molar-refractivity contribution is 7.46. The predicted molar refractivity (Wildman–Crippen MR) is 67.8 cm³/mol. The Hall–Kier alpha value is -1.37. The number of ether oxygens (including phenoxy) is 1. The van der Waals surface area contributed by atoms with E-state index in [9.17, 15) is 19.6 Å². The monoisotopic (exact) mass is 339 g/mol. The van der Waals surface area contributed by atoms with Crippen LogP contribution >= 0.6 is 7.82 Å². The van der Waals surface area contributed by atoms with Gasteiger partial charge in [0.1, 0.15) is 18.3 Å². The molecule has 1 fully saturated rings. The SMILES string of the molecule is O=c1nc(NO)ccn1[C@H]1O[C@@H](COP(=O)(O)O)C(O)C1O. The third-order valence-corrected chi connectivity index (χ3v) is 3.45. The average Bonchev–Trinajstić information content (AvgIpc) is 2.72. The molecule has 1 saturated heterocycles. The first-order chi connectivity index (χ1) is 10.2. The van der Waals surface area contributed by atoms with Crippen LogP contribution in [0.15, 0.2) is 17.1 Å². The van der Waals surface area contributed by atoms with Gasteiger partial charge in [-0.15, -0.1) is 0 Å². The second-order valence-electron chi connectivity index (χ2n) is 4.45. The Kier molecular flexibility index (Phi) is 4.94. The molecule has 0 aliphatic carbocycles. The van der Waals surface area contributed by atoms with Gasteiger partial charge in [-0.3, -0.25) is 19.8 Å². The van der Waals surface area contributed by atoms with Gasteiger partial charge in [0, 0.05) is 6.20 Å². The van der Waals surface area contributed by atoms with E-state index in [1.807, 2.05) is 0 Å². The minimum Gasteiger partial charge on any atom is -0.387 e. The summed E-state index contributed by atoms with van der Waals surface area (Å²) >= 11 is 0. The molecule has 13 heteroatoms. The molecule has 4 atom stereocenters. The van der Waals surface area contributed by atoms with E-state index >= 15 is 0 Å². The van der Waals surface area contributed by atoms with E-state index in [2.05, 4.69) is 9.51 Å². The summed E-state index contributed by atoms with van der Waals surface area (Å²) in [5.41, 5.74) is 0.785. The maximum absolute atomic E-state index is 11.7. The minimum absolute atomic E-state index is 0.129. The summed E-state index contributed by atoms with van der Waals surface area (Å²) in [7, 11) is -4.77. The van der Waals surface area contributed by atoms with Crippen molar-refractivity contribution in [3.63, 3.8) is 0 Å². The number of phosphoric ester groups is 1. The van der Waals surface area contributed by atoms with E-state index in [1.165, 1.54) is 6.07 Å². The molecule has 0 bridgehead atoms. The molecular weight excluding hydrogens is 325 g/mol. The van der Waals surface area contributed by atoms with Crippen molar-refractivity contribution in [2.75, 3.05) is 12.1 Å². The molecule has 0 saturated carbocycles. The maximum Gasteiger partial charge on any atom is 0.469 e. The number of rotatable bonds is 5. The third-order valence-electron chi connectivity index (χ3n) is 2.96. The van der Waals surface area contributed by atoms with Crippen molar-refractivity contribution in [1.82, 2.24) is 9.55 Å². The quantitative estimate of drug-likeness (QED) is 0.252. The summed E-state index contributed by atoms with van der Waals surface area (Å²) in [6, 6.07) is 1.21. The molecule has 12 nitrogen and oxygen atoms in total. The number of anilines is 1. The van der Waals surface area contributed by atoms with Gasteiger partial charge in [-0.05, 0) is 6.07 Å². The van der Waals surface area contributed by atoms with Crippen molar-refractivity contribution in [2.45, 2.75) is 24.5 Å². The topological polar surface area (TPSA) is 184 Å². The van der Waals surface area contributed by atoms with Gasteiger partial charge in [-0.2, -0.15) is 4.98 Å². The zero-order chi connectivity index (χ0) is 16.5. The number of hydrogen-bond acceptors (Lipinski definition) is 9. The number of nitrogens with zero attached hydrogens (tertiary/aromatic N) is 2. The van der Waals surface area contributed by atoms with Crippen LogP contribution in [0.2, 0.25) is 0 Å². The van der Waals surface area contributed by atoms with Crippen LogP contribution in [0.5, 0.6) is 0 Å². The predicted octanol–water partition coefficient (Wildman–Crippen LogP) is -2.23. The van der Waals surface area contributed by atoms with Crippen LogP contribution < -0.4 is 11.2 Å². The summed E-state index contributed by atoms with van der Waals surface area (Å²) in [6.07, 6.45) is -4.50. The molecule has 124 valence electrons. The molecule has 2 rings (SSSR count). The largest absolute Gasteiger partial charge is 0.469 e. The van der Waals surface area contributed by atoms with Crippen molar-refractivity contribution in [1.29, 1.82) is 0 Å². The molecular formula is C9H14N3O9P. The van der Waals surface area contributed by atoms with Gasteiger partial charge in [0.05, 0.1) is 6.61 Å². The lowest BCUT2D eigenvalue weighted by atomic mass is 10.1. The van der Waals surface area contributed by atoms with Crippen LogP contribution in [0.25, 0.3) is 0 Å². The Morgan fingerprint density at radius 1 is 1.41 bits per heavy atom. The van der Waals surface area contributed by atoms with Crippen molar-refractivity contribution >= 4 is 13.6 Å². The normalized spacial score (nSPS) is 28.8. The molecule has 2 unspecified atom stereocenters. The number of phosphoric acid groups is 1. The van der Waals surface area contributed by atoms with Crippen molar-refractivity contribution in [2.24, 2.45) is 0 Å². The molecule has 1 aliphatic heterocycles. The lowest BCUT2D eigenvalue weighted by Gasteiger charge is -2.17. The third kappa shape index (κ3) is 3.69. The number of aliphatic hydroxyl groups is 2. The summed E-state index contributed by atoms with van der Waals surface area (Å²) in [6.45, 7) is -0.683. The Morgan fingerprint density at radius 3 is 2.64 bits per heavy atom. The Balaban J connectivity index is 2.16. The second kappa shape index (κ2) is 6.40. The number of hydrogen-bond donors (Lipinski definition) is 6. The first-order valence-electron chi connectivity index (χ1n) is 5.94. The summed E-state index contributed by atoms with van der Waals surface area (Å²) in [5.74, 6) is -0.129. The molecule has 6 N–H and O–H groups in total. The van der Waals surface area contributed by atoms with Crippen LogP contribution in [0.4, 0.5) is 5.82 Å². The molecule has 1 aromatic rings. The minimum atomic E-state index is -4.77. The summed E-state index contributed by atoms with van der Waals surface area (Å²) in [4.78, 5) is 32.4. The number of aromatic nitrogens is 2. The average molecular weight is 339 g/mol. The van der Waals surface area contributed by atoms with E-state index in [4.69, 9.17) is 19.7 Å². The van der Waals surface area contributed by atoms with Crippen LogP contribution in [-0.4, -0.2) is 59.7 Å². The van der Waals surface area contributed by atoms with Crippen molar-refractivity contribution in [3.8, 4) is 0 Å². The molecule has 0 amide bonds. The lowest BCUT2D eigenvalue weighted by molar-refractivity contribution is -0.0542. The smallest absolute Gasteiger partial charge is 0.387 e. The number of aliphatic hydroxyl groups excluding tert-OH is 2. The van der Waals surface area contributed by atoms with Crippen molar-refractivity contribution < 1.29 is 39.0 Å². The molecule has 1 aliphatic rings. The summed E-state index contributed by atoms with van der Waals surface area (Å²) < 4.78 is 20.9. The highest BCUT2D eigenvalue weighted by Crippen LogP contribution is 2.38. The number of nitrogens with one attached hydrogen (secondary N) is 1. The fourth-order valence-corrected chi connectivity index (χ4v) is 2.28. The van der Waals surface area contributed by atoms with E-state index in [1.54, 1.807) is 5.48 Å².